The molecule has 1 atom stereocenters. The van der Waals surface area contributed by atoms with E-state index in [4.69, 9.17) is 0 Å². The fourth-order valence-electron chi connectivity index (χ4n) is 0.189. The maximum Gasteiger partial charge on any atom is 1.00 e. The smallest absolute Gasteiger partial charge is 0.755 e. The van der Waals surface area contributed by atoms with Gasteiger partial charge in [0.05, 0.1) is 6.61 Å². The van der Waals surface area contributed by atoms with Crippen LogP contribution < -0.4 is 40.3 Å². The molecule has 0 fully saturated rings. The Morgan fingerprint density at radius 1 is 1.78 bits per heavy atom. The molecule has 0 heterocycles. The predicted molar refractivity (Wildman–Crippen MR) is 24.5 cm³/mol. The normalized spacial score (nSPS) is 15.9. The first-order chi connectivity index (χ1) is 3.62. The first-order valence-electron chi connectivity index (χ1n) is 1.96. The molecular weight excluding hydrogens is 156 g/mol. The Balaban J connectivity index is 0. The number of hydrogen-bond acceptors (Lipinski definition) is 5. The van der Waals surface area contributed by atoms with Gasteiger partial charge in [-0.2, -0.15) is 0 Å². The van der Waals surface area contributed by atoms with Crippen molar-refractivity contribution in [1.29, 1.82) is 0 Å². The van der Waals surface area contributed by atoms with Crippen molar-refractivity contribution in [2.75, 3.05) is 6.61 Å². The molecule has 0 amide bonds. The van der Waals surface area contributed by atoms with E-state index < -0.39 is 7.82 Å². The van der Waals surface area contributed by atoms with Crippen molar-refractivity contribution in [3.05, 3.63) is 0 Å². The Labute approximate surface area is 75.4 Å². The van der Waals surface area contributed by atoms with E-state index in [2.05, 4.69) is 15.0 Å². The zero-order valence-corrected chi connectivity index (χ0v) is 8.26. The summed E-state index contributed by atoms with van der Waals surface area (Å²) in [7, 11) is -4.15. The zero-order chi connectivity index (χ0) is 6.62. The van der Waals surface area contributed by atoms with Crippen molar-refractivity contribution in [2.45, 2.75) is 6.92 Å². The van der Waals surface area contributed by atoms with Crippen LogP contribution >= 0.6 is 7.82 Å². The molecule has 0 aromatic carbocycles. The fraction of sp³-hybridized carbons (Fsp3) is 1.00. The van der Waals surface area contributed by atoms with E-state index in [0.29, 0.717) is 0 Å². The molecule has 0 aliphatic rings. The third kappa shape index (κ3) is 6.96. The third-order valence-electron chi connectivity index (χ3n) is 0.416. The van der Waals surface area contributed by atoms with Crippen LogP contribution in [0.3, 0.4) is 0 Å². The van der Waals surface area contributed by atoms with Crippen molar-refractivity contribution < 1.29 is 48.2 Å². The van der Waals surface area contributed by atoms with Crippen LogP contribution in [0.4, 0.5) is 0 Å². The van der Waals surface area contributed by atoms with Crippen molar-refractivity contribution in [1.82, 2.24) is 0 Å². The van der Waals surface area contributed by atoms with E-state index in [9.17, 15) is 9.46 Å². The van der Waals surface area contributed by atoms with Gasteiger partial charge in [-0.3, -0.25) is 4.57 Å². The van der Waals surface area contributed by atoms with Crippen molar-refractivity contribution in [2.24, 2.45) is 5.90 Å². The number of nitrogens with two attached hydrogens (primary N) is 1. The maximum absolute atomic E-state index is 10.1. The van der Waals surface area contributed by atoms with Gasteiger partial charge in [0, 0.05) is 0 Å². The predicted octanol–water partition coefficient (Wildman–Crippen LogP) is -3.61. The summed E-state index contributed by atoms with van der Waals surface area (Å²) < 4.78 is 17.5. The molecule has 50 valence electrons. The molecule has 0 saturated heterocycles. The molecule has 0 bridgehead atoms. The molecule has 0 radical (unpaired) electrons. The van der Waals surface area contributed by atoms with Gasteiger partial charge in [0.15, 0.2) is 0 Å². The summed E-state index contributed by atoms with van der Waals surface area (Å²) in [6.07, 6.45) is 0. The van der Waals surface area contributed by atoms with E-state index in [0.717, 1.165) is 0 Å². The van der Waals surface area contributed by atoms with Crippen LogP contribution in [0.1, 0.15) is 6.92 Å². The van der Waals surface area contributed by atoms with Crippen molar-refractivity contribution in [3.8, 4) is 0 Å². The molecule has 0 aliphatic carbocycles. The largest absolute Gasteiger partial charge is 1.00 e. The van der Waals surface area contributed by atoms with Gasteiger partial charge in [0.1, 0.15) is 0 Å². The van der Waals surface area contributed by atoms with Crippen LogP contribution in [-0.2, 0) is 13.7 Å². The Morgan fingerprint density at radius 3 is 2.33 bits per heavy atom. The molecule has 0 rings (SSSR count). The topological polar surface area (TPSA) is 84.6 Å². The van der Waals surface area contributed by atoms with Crippen LogP contribution in [0.2, 0.25) is 0 Å². The first-order valence-corrected chi connectivity index (χ1v) is 3.42. The van der Waals surface area contributed by atoms with Gasteiger partial charge in [-0.1, -0.05) is 0 Å². The van der Waals surface area contributed by atoms with Gasteiger partial charge in [-0.15, -0.1) is 0 Å². The van der Waals surface area contributed by atoms with Gasteiger partial charge in [-0.25, -0.2) is 10.5 Å². The molecule has 0 aromatic rings. The van der Waals surface area contributed by atoms with E-state index >= 15 is 0 Å². The average Bonchev–Trinajstić information content (AvgIpc) is 1.67. The summed E-state index contributed by atoms with van der Waals surface area (Å²) >= 11 is 0. The van der Waals surface area contributed by atoms with Crippen LogP contribution in [0, 0.1) is 0 Å². The SMILES string of the molecule is CCOP(=O)([O-])ON.[Na+]. The summed E-state index contributed by atoms with van der Waals surface area (Å²) in [6, 6.07) is 0. The van der Waals surface area contributed by atoms with E-state index in [1.54, 1.807) is 0 Å². The summed E-state index contributed by atoms with van der Waals surface area (Å²) in [4.78, 5) is 10.1. The van der Waals surface area contributed by atoms with Crippen LogP contribution in [0.25, 0.3) is 0 Å². The van der Waals surface area contributed by atoms with Crippen molar-refractivity contribution >= 4 is 7.82 Å². The summed E-state index contributed by atoms with van der Waals surface area (Å²) in [6.45, 7) is 1.56. The molecule has 0 saturated carbocycles. The van der Waals surface area contributed by atoms with Crippen molar-refractivity contribution in [3.63, 3.8) is 0 Å². The number of hydrogen-bond donors (Lipinski definition) is 1. The molecule has 1 unspecified atom stereocenters. The first kappa shape index (κ1) is 12.7. The van der Waals surface area contributed by atoms with Gasteiger partial charge in [0.25, 0.3) is 7.82 Å². The second-order valence-electron chi connectivity index (χ2n) is 0.970. The summed E-state index contributed by atoms with van der Waals surface area (Å²) in [5.74, 6) is 4.29. The minimum atomic E-state index is -4.15. The van der Waals surface area contributed by atoms with E-state index in [-0.39, 0.29) is 36.2 Å². The van der Waals surface area contributed by atoms with Gasteiger partial charge in [-0.05, 0) is 6.92 Å². The Bertz CT molecular complexity index is 109. The molecule has 7 heteroatoms. The summed E-state index contributed by atoms with van der Waals surface area (Å²) in [5, 5.41) is 0. The Morgan fingerprint density at radius 2 is 2.22 bits per heavy atom. The second-order valence-corrected chi connectivity index (χ2v) is 2.33. The zero-order valence-electron chi connectivity index (χ0n) is 5.36. The number of rotatable bonds is 3. The maximum atomic E-state index is 10.1. The second kappa shape index (κ2) is 5.82. The third-order valence-corrected chi connectivity index (χ3v) is 1.25. The summed E-state index contributed by atoms with van der Waals surface area (Å²) in [5.41, 5.74) is 0. The molecule has 0 spiro atoms. The Hall–Kier alpha value is 1.07. The molecule has 0 aliphatic heterocycles. The van der Waals surface area contributed by atoms with E-state index in [1.165, 1.54) is 6.92 Å². The number of phosphoric ester groups is 1. The van der Waals surface area contributed by atoms with Gasteiger partial charge in [0.2, 0.25) is 0 Å². The molecule has 5 nitrogen and oxygen atoms in total. The molecule has 2 N–H and O–H groups in total. The van der Waals surface area contributed by atoms with Gasteiger partial charge < -0.3 is 9.42 Å². The van der Waals surface area contributed by atoms with Crippen LogP contribution in [0.5, 0.6) is 0 Å². The minimum absolute atomic E-state index is 0. The molecule has 0 aromatic heterocycles. The van der Waals surface area contributed by atoms with Crippen LogP contribution in [-0.4, -0.2) is 6.61 Å². The molecule has 9 heavy (non-hydrogen) atoms. The standard InChI is InChI=1S/C2H8NO4P.Na/c1-2-6-8(4,5)7-3;/h2-3H2,1H3,(H,4,5);/q;+1/p-1. The minimum Gasteiger partial charge on any atom is -0.755 e. The Kier molecular flexibility index (Phi) is 8.23. The fourth-order valence-corrected chi connectivity index (χ4v) is 0.566. The van der Waals surface area contributed by atoms with Gasteiger partial charge >= 0.3 is 29.6 Å². The quantitative estimate of drug-likeness (QED) is 0.264. The monoisotopic (exact) mass is 163 g/mol. The molecular formula is C2H7NNaO4P. The number of phosphoric acid groups is 1. The van der Waals surface area contributed by atoms with E-state index in [1.807, 2.05) is 0 Å². The van der Waals surface area contributed by atoms with Crippen LogP contribution in [0.15, 0.2) is 0 Å². The average molecular weight is 163 g/mol.